The molecule has 1 aromatic carbocycles. The summed E-state index contributed by atoms with van der Waals surface area (Å²) in [5.74, 6) is -0.323. The monoisotopic (exact) mass is 289 g/mol. The number of hydrogen-bond acceptors (Lipinski definition) is 4. The van der Waals surface area contributed by atoms with Crippen molar-refractivity contribution in [2.24, 2.45) is 0 Å². The molecule has 5 nitrogen and oxygen atoms in total. The van der Waals surface area contributed by atoms with Gasteiger partial charge < -0.3 is 10.1 Å². The van der Waals surface area contributed by atoms with Crippen LogP contribution in [0, 0.1) is 0 Å². The molecule has 1 amide bonds. The van der Waals surface area contributed by atoms with Crippen LogP contribution in [0.25, 0.3) is 0 Å². The number of ketones is 2. The average molecular weight is 289 g/mol. The van der Waals surface area contributed by atoms with Gasteiger partial charge in [0.2, 0.25) is 0 Å². The molecule has 21 heavy (non-hydrogen) atoms. The van der Waals surface area contributed by atoms with Gasteiger partial charge in [0.1, 0.15) is 5.60 Å². The number of ether oxygens (including phenoxy) is 1. The normalized spacial score (nSPS) is 18.7. The summed E-state index contributed by atoms with van der Waals surface area (Å²) < 4.78 is 5.13. The maximum absolute atomic E-state index is 12.2. The first-order chi connectivity index (χ1) is 9.76. The Morgan fingerprint density at radius 2 is 1.90 bits per heavy atom. The number of alkyl carbamates (subject to hydrolysis) is 1. The van der Waals surface area contributed by atoms with Gasteiger partial charge in [0.25, 0.3) is 0 Å². The van der Waals surface area contributed by atoms with Crippen molar-refractivity contribution in [2.75, 3.05) is 0 Å². The first kappa shape index (κ1) is 15.2. The van der Waals surface area contributed by atoms with Crippen molar-refractivity contribution in [1.82, 2.24) is 5.32 Å². The molecule has 0 aliphatic heterocycles. The van der Waals surface area contributed by atoms with Crippen LogP contribution < -0.4 is 5.32 Å². The minimum Gasteiger partial charge on any atom is -0.444 e. The van der Waals surface area contributed by atoms with Gasteiger partial charge >= 0.3 is 6.09 Å². The molecule has 1 unspecified atom stereocenters. The summed E-state index contributed by atoms with van der Waals surface area (Å²) in [5, 5.41) is 2.50. The Balaban J connectivity index is 2.12. The van der Waals surface area contributed by atoms with Crippen LogP contribution >= 0.6 is 0 Å². The Labute approximate surface area is 123 Å². The molecule has 0 bridgehead atoms. The first-order valence-corrected chi connectivity index (χ1v) is 6.89. The zero-order valence-corrected chi connectivity index (χ0v) is 12.4. The molecule has 1 aliphatic carbocycles. The van der Waals surface area contributed by atoms with E-state index in [-0.39, 0.29) is 24.4 Å². The molecule has 1 aliphatic rings. The average Bonchev–Trinajstić information content (AvgIpc) is 2.46. The Bertz CT molecular complexity index is 586. The van der Waals surface area contributed by atoms with Crippen LogP contribution in [0.5, 0.6) is 0 Å². The summed E-state index contributed by atoms with van der Waals surface area (Å²) in [5.41, 5.74) is 0.616. The summed E-state index contributed by atoms with van der Waals surface area (Å²) >= 11 is 0. The lowest BCUT2D eigenvalue weighted by Gasteiger charge is -2.22. The summed E-state index contributed by atoms with van der Waals surface area (Å²) in [6.07, 6.45) is -0.572. The van der Waals surface area contributed by atoms with Crippen molar-refractivity contribution >= 4 is 17.7 Å². The number of benzene rings is 1. The van der Waals surface area contributed by atoms with E-state index in [0.29, 0.717) is 11.1 Å². The van der Waals surface area contributed by atoms with Gasteiger partial charge in [-0.15, -0.1) is 0 Å². The van der Waals surface area contributed by atoms with Crippen molar-refractivity contribution in [3.8, 4) is 0 Å². The molecule has 0 radical (unpaired) electrons. The van der Waals surface area contributed by atoms with Gasteiger partial charge in [0, 0.05) is 18.4 Å². The van der Waals surface area contributed by atoms with E-state index in [1.807, 2.05) is 0 Å². The van der Waals surface area contributed by atoms with Crippen LogP contribution in [-0.2, 0) is 16.0 Å². The smallest absolute Gasteiger partial charge is 0.408 e. The minimum atomic E-state index is -0.834. The van der Waals surface area contributed by atoms with E-state index >= 15 is 0 Å². The third-order valence-corrected chi connectivity index (χ3v) is 3.15. The summed E-state index contributed by atoms with van der Waals surface area (Å²) in [4.78, 5) is 36.2. The number of nitrogens with one attached hydrogen (secondary N) is 1. The van der Waals surface area contributed by atoms with Crippen molar-refractivity contribution < 1.29 is 19.1 Å². The number of carbonyl (C=O) groups excluding carboxylic acids is 3. The molecule has 0 saturated heterocycles. The van der Waals surface area contributed by atoms with E-state index in [4.69, 9.17) is 4.74 Å². The predicted molar refractivity (Wildman–Crippen MR) is 77.3 cm³/mol. The van der Waals surface area contributed by atoms with Gasteiger partial charge in [-0.1, -0.05) is 24.3 Å². The molecule has 0 spiro atoms. The van der Waals surface area contributed by atoms with E-state index in [9.17, 15) is 14.4 Å². The number of rotatable bonds is 1. The number of Topliss-reactive ketones (excluding diaryl/α,β-unsaturated/α-hetero) is 2. The maximum atomic E-state index is 12.2. The summed E-state index contributed by atoms with van der Waals surface area (Å²) in [6, 6.07) is 6.20. The molecule has 2 rings (SSSR count). The van der Waals surface area contributed by atoms with Gasteiger partial charge in [0.05, 0.1) is 6.04 Å². The number of carbonyl (C=O) groups is 3. The predicted octanol–water partition coefficient (Wildman–Crippen LogP) is 2.28. The molecule has 0 aromatic heterocycles. The van der Waals surface area contributed by atoms with Crippen molar-refractivity contribution in [2.45, 2.75) is 45.3 Å². The van der Waals surface area contributed by atoms with E-state index in [1.165, 1.54) is 0 Å². The number of amides is 1. The van der Waals surface area contributed by atoms with Crippen LogP contribution in [-0.4, -0.2) is 29.3 Å². The SMILES string of the molecule is CC(C)(C)OC(=O)NC1CC(=O)c2ccccc2CC1=O. The summed E-state index contributed by atoms with van der Waals surface area (Å²) in [7, 11) is 0. The van der Waals surface area contributed by atoms with E-state index in [2.05, 4.69) is 5.32 Å². The van der Waals surface area contributed by atoms with E-state index in [0.717, 1.165) is 0 Å². The molecule has 5 heteroatoms. The topological polar surface area (TPSA) is 72.5 Å². The molecular weight excluding hydrogens is 270 g/mol. The largest absolute Gasteiger partial charge is 0.444 e. The lowest BCUT2D eigenvalue weighted by Crippen LogP contribution is -2.44. The second-order valence-electron chi connectivity index (χ2n) is 6.13. The van der Waals surface area contributed by atoms with Crippen LogP contribution in [0.2, 0.25) is 0 Å². The molecule has 0 fully saturated rings. The van der Waals surface area contributed by atoms with Gasteiger partial charge in [0.15, 0.2) is 11.6 Å². The van der Waals surface area contributed by atoms with Crippen molar-refractivity contribution in [1.29, 1.82) is 0 Å². The highest BCUT2D eigenvalue weighted by molar-refractivity contribution is 6.05. The lowest BCUT2D eigenvalue weighted by molar-refractivity contribution is -0.120. The second-order valence-corrected chi connectivity index (χ2v) is 6.13. The quantitative estimate of drug-likeness (QED) is 0.805. The van der Waals surface area contributed by atoms with E-state index < -0.39 is 17.7 Å². The summed E-state index contributed by atoms with van der Waals surface area (Å²) in [6.45, 7) is 5.22. The van der Waals surface area contributed by atoms with Crippen molar-refractivity contribution in [3.05, 3.63) is 35.4 Å². The van der Waals surface area contributed by atoms with Gasteiger partial charge in [-0.2, -0.15) is 0 Å². The van der Waals surface area contributed by atoms with Gasteiger partial charge in [-0.3, -0.25) is 9.59 Å². The van der Waals surface area contributed by atoms with Crippen LogP contribution in [0.15, 0.2) is 24.3 Å². The lowest BCUT2D eigenvalue weighted by atomic mass is 10.0. The van der Waals surface area contributed by atoms with Crippen LogP contribution in [0.3, 0.4) is 0 Å². The maximum Gasteiger partial charge on any atom is 0.408 e. The highest BCUT2D eigenvalue weighted by Gasteiger charge is 2.30. The van der Waals surface area contributed by atoms with Gasteiger partial charge in [-0.05, 0) is 26.3 Å². The fourth-order valence-electron chi connectivity index (χ4n) is 2.25. The third-order valence-electron chi connectivity index (χ3n) is 3.15. The van der Waals surface area contributed by atoms with Crippen LogP contribution in [0.4, 0.5) is 4.79 Å². The third kappa shape index (κ3) is 3.90. The Morgan fingerprint density at radius 1 is 1.24 bits per heavy atom. The van der Waals surface area contributed by atoms with Crippen LogP contribution in [0.1, 0.15) is 43.1 Å². The zero-order chi connectivity index (χ0) is 15.6. The number of fused-ring (bicyclic) bond motifs is 1. The highest BCUT2D eigenvalue weighted by atomic mass is 16.6. The Hall–Kier alpha value is -2.17. The fraction of sp³-hybridized carbons (Fsp3) is 0.438. The molecule has 1 N–H and O–H groups in total. The first-order valence-electron chi connectivity index (χ1n) is 6.89. The molecule has 1 atom stereocenters. The molecule has 0 saturated carbocycles. The molecule has 112 valence electrons. The Morgan fingerprint density at radius 3 is 2.57 bits per heavy atom. The minimum absolute atomic E-state index is 0.0326. The van der Waals surface area contributed by atoms with Crippen molar-refractivity contribution in [3.63, 3.8) is 0 Å². The molecule has 0 heterocycles. The standard InChI is InChI=1S/C16H19NO4/c1-16(2,3)21-15(20)17-12-9-13(18)11-7-5-4-6-10(11)8-14(12)19/h4-7,12H,8-9H2,1-3H3,(H,17,20). The number of hydrogen-bond donors (Lipinski definition) is 1. The molecule has 1 aromatic rings. The second kappa shape index (κ2) is 5.68. The van der Waals surface area contributed by atoms with E-state index in [1.54, 1.807) is 45.0 Å². The highest BCUT2D eigenvalue weighted by Crippen LogP contribution is 2.19. The molecular formula is C16H19NO4. The zero-order valence-electron chi connectivity index (χ0n) is 12.4. The fourth-order valence-corrected chi connectivity index (χ4v) is 2.25. The Kier molecular flexibility index (Phi) is 4.11. The van der Waals surface area contributed by atoms with Gasteiger partial charge in [-0.25, -0.2) is 4.79 Å².